The van der Waals surface area contributed by atoms with Gasteiger partial charge < -0.3 is 19.0 Å². The molecule has 1 aliphatic heterocycles. The Morgan fingerprint density at radius 3 is 2.61 bits per heavy atom. The zero-order chi connectivity index (χ0) is 25.4. The van der Waals surface area contributed by atoms with Crippen LogP contribution in [0.3, 0.4) is 0 Å². The highest BCUT2D eigenvalue weighted by atomic mass is 32.2. The number of pyridine rings is 1. The summed E-state index contributed by atoms with van der Waals surface area (Å²) in [6.45, 7) is 7.13. The molecule has 5 heterocycles. The topological polar surface area (TPSA) is 139 Å². The van der Waals surface area contributed by atoms with E-state index in [9.17, 15) is 13.2 Å². The van der Waals surface area contributed by atoms with E-state index in [-0.39, 0.29) is 27.7 Å². The molecule has 0 amide bonds. The normalized spacial score (nSPS) is 15.5. The first-order valence-corrected chi connectivity index (χ1v) is 13.1. The van der Waals surface area contributed by atoms with Crippen molar-refractivity contribution in [3.05, 3.63) is 41.2 Å². The molecule has 5 rings (SSSR count). The molecule has 1 aliphatic rings. The van der Waals surface area contributed by atoms with Crippen molar-refractivity contribution < 1.29 is 17.6 Å². The molecule has 0 aromatic carbocycles. The number of ether oxygens (including phenoxy) is 1. The first kappa shape index (κ1) is 24.2. The van der Waals surface area contributed by atoms with Crippen LogP contribution in [0.25, 0.3) is 33.7 Å². The maximum Gasteiger partial charge on any atom is 0.279 e. The second-order valence-corrected chi connectivity index (χ2v) is 10.3. The van der Waals surface area contributed by atoms with Gasteiger partial charge in [-0.1, -0.05) is 6.92 Å². The molecule has 1 saturated heterocycles. The van der Waals surface area contributed by atoms with Crippen LogP contribution in [0.4, 0.5) is 0 Å². The Morgan fingerprint density at radius 2 is 1.94 bits per heavy atom. The SMILES string of the molecule is CCOc1ncc(S(=O)(=O)N2CCN(CC)CC2)cc1-c1nc2c(-c3ccoc3)n(C)nc2c(=O)[nH]1. The van der Waals surface area contributed by atoms with Crippen LogP contribution in [0.1, 0.15) is 13.8 Å². The largest absolute Gasteiger partial charge is 0.477 e. The summed E-state index contributed by atoms with van der Waals surface area (Å²) in [5.41, 5.74) is 1.60. The summed E-state index contributed by atoms with van der Waals surface area (Å²) in [6.07, 6.45) is 4.35. The number of rotatable bonds is 7. The van der Waals surface area contributed by atoms with E-state index in [2.05, 4.69) is 31.9 Å². The molecule has 0 unspecified atom stereocenters. The molecular formula is C23H27N7O5S. The van der Waals surface area contributed by atoms with Gasteiger partial charge in [0.05, 0.1) is 36.6 Å². The van der Waals surface area contributed by atoms with Gasteiger partial charge in [-0.25, -0.2) is 18.4 Å². The molecule has 1 fully saturated rings. The average Bonchev–Trinajstić information content (AvgIpc) is 3.51. The minimum Gasteiger partial charge on any atom is -0.477 e. The molecule has 36 heavy (non-hydrogen) atoms. The number of H-pyrrole nitrogens is 1. The molecule has 0 bridgehead atoms. The number of hydrogen-bond donors (Lipinski definition) is 1. The first-order chi connectivity index (χ1) is 17.3. The van der Waals surface area contributed by atoms with E-state index in [1.54, 1.807) is 24.7 Å². The van der Waals surface area contributed by atoms with Crippen molar-refractivity contribution in [2.45, 2.75) is 18.7 Å². The monoisotopic (exact) mass is 513 g/mol. The fourth-order valence-corrected chi connectivity index (χ4v) is 5.75. The van der Waals surface area contributed by atoms with Crippen LogP contribution in [0, 0.1) is 0 Å². The summed E-state index contributed by atoms with van der Waals surface area (Å²) in [5.74, 6) is 0.303. The number of aromatic amines is 1. The van der Waals surface area contributed by atoms with Crippen molar-refractivity contribution >= 4 is 21.1 Å². The minimum atomic E-state index is -3.81. The van der Waals surface area contributed by atoms with Crippen LogP contribution in [0.5, 0.6) is 5.88 Å². The minimum absolute atomic E-state index is 0.00916. The van der Waals surface area contributed by atoms with Crippen molar-refractivity contribution in [1.29, 1.82) is 0 Å². The van der Waals surface area contributed by atoms with E-state index in [1.165, 1.54) is 29.1 Å². The molecule has 0 saturated carbocycles. The molecule has 4 aromatic rings. The van der Waals surface area contributed by atoms with Crippen LogP contribution in [0.15, 0.2) is 45.0 Å². The third-order valence-corrected chi connectivity index (χ3v) is 8.13. The van der Waals surface area contributed by atoms with E-state index in [0.717, 1.165) is 6.54 Å². The number of nitrogens with zero attached hydrogens (tertiary/aromatic N) is 6. The van der Waals surface area contributed by atoms with Crippen molar-refractivity contribution in [1.82, 2.24) is 33.9 Å². The molecule has 0 spiro atoms. The number of nitrogens with one attached hydrogen (secondary N) is 1. The fraction of sp³-hybridized carbons (Fsp3) is 0.391. The van der Waals surface area contributed by atoms with Crippen LogP contribution in [0.2, 0.25) is 0 Å². The summed E-state index contributed by atoms with van der Waals surface area (Å²) < 4.78 is 40.8. The van der Waals surface area contributed by atoms with Gasteiger partial charge in [-0.05, 0) is 25.6 Å². The quantitative estimate of drug-likeness (QED) is 0.391. The van der Waals surface area contributed by atoms with Crippen molar-refractivity contribution in [3.63, 3.8) is 0 Å². The maximum absolute atomic E-state index is 13.4. The summed E-state index contributed by atoms with van der Waals surface area (Å²) in [4.78, 5) is 26.9. The standard InChI is InChI=1S/C23H27N7O5S/c1-4-29-7-9-30(10-8-29)36(32,33)16-12-17(23(24-13-16)35-5-2)21-25-18-19(22(31)26-21)27-28(3)20(18)15-6-11-34-14-15/h6,11-14H,4-5,7-10H2,1-3H3,(H,25,26,31). The Balaban J connectivity index is 1.63. The van der Waals surface area contributed by atoms with Crippen LogP contribution in [-0.4, -0.2) is 81.7 Å². The zero-order valence-corrected chi connectivity index (χ0v) is 21.1. The summed E-state index contributed by atoms with van der Waals surface area (Å²) in [7, 11) is -2.10. The first-order valence-electron chi connectivity index (χ1n) is 11.7. The molecule has 0 atom stereocenters. The van der Waals surface area contributed by atoms with E-state index < -0.39 is 15.6 Å². The molecule has 190 valence electrons. The fourth-order valence-electron chi connectivity index (χ4n) is 4.36. The number of piperazine rings is 1. The Labute approximate surface area is 207 Å². The third-order valence-electron chi connectivity index (χ3n) is 6.27. The van der Waals surface area contributed by atoms with Gasteiger partial charge in [0.25, 0.3) is 5.56 Å². The summed E-state index contributed by atoms with van der Waals surface area (Å²) in [5, 5.41) is 4.31. The molecule has 0 aliphatic carbocycles. The Bertz CT molecular complexity index is 1550. The van der Waals surface area contributed by atoms with E-state index in [0.29, 0.717) is 49.6 Å². The van der Waals surface area contributed by atoms with Crippen LogP contribution >= 0.6 is 0 Å². The van der Waals surface area contributed by atoms with Crippen LogP contribution in [-0.2, 0) is 17.1 Å². The molecule has 12 nitrogen and oxygen atoms in total. The lowest BCUT2D eigenvalue weighted by molar-refractivity contribution is 0.196. The van der Waals surface area contributed by atoms with Gasteiger partial charge >= 0.3 is 0 Å². The smallest absolute Gasteiger partial charge is 0.279 e. The number of hydrogen-bond acceptors (Lipinski definition) is 9. The Hall–Kier alpha value is -3.55. The summed E-state index contributed by atoms with van der Waals surface area (Å²) in [6, 6.07) is 3.20. The predicted octanol–water partition coefficient (Wildman–Crippen LogP) is 1.70. The molecule has 13 heteroatoms. The second-order valence-electron chi connectivity index (χ2n) is 8.39. The lowest BCUT2D eigenvalue weighted by Crippen LogP contribution is -2.48. The van der Waals surface area contributed by atoms with Gasteiger partial charge in [0.2, 0.25) is 15.9 Å². The van der Waals surface area contributed by atoms with Gasteiger partial charge in [0, 0.05) is 38.8 Å². The second kappa shape index (κ2) is 9.48. The van der Waals surface area contributed by atoms with Gasteiger partial charge in [-0.2, -0.15) is 9.40 Å². The highest BCUT2D eigenvalue weighted by Crippen LogP contribution is 2.32. The molecular weight excluding hydrogens is 486 g/mol. The highest BCUT2D eigenvalue weighted by molar-refractivity contribution is 7.89. The molecule has 1 N–H and O–H groups in total. The van der Waals surface area contributed by atoms with Crippen LogP contribution < -0.4 is 10.3 Å². The van der Waals surface area contributed by atoms with E-state index >= 15 is 0 Å². The van der Waals surface area contributed by atoms with Gasteiger partial charge in [-0.3, -0.25) is 9.48 Å². The number of aromatic nitrogens is 5. The highest BCUT2D eigenvalue weighted by Gasteiger charge is 2.30. The van der Waals surface area contributed by atoms with Gasteiger partial charge in [-0.15, -0.1) is 0 Å². The lowest BCUT2D eigenvalue weighted by atomic mass is 10.2. The Kier molecular flexibility index (Phi) is 6.36. The summed E-state index contributed by atoms with van der Waals surface area (Å²) >= 11 is 0. The van der Waals surface area contributed by atoms with E-state index in [1.807, 2.05) is 0 Å². The lowest BCUT2D eigenvalue weighted by Gasteiger charge is -2.33. The van der Waals surface area contributed by atoms with Crippen molar-refractivity contribution in [2.75, 3.05) is 39.3 Å². The van der Waals surface area contributed by atoms with E-state index in [4.69, 9.17) is 9.15 Å². The van der Waals surface area contributed by atoms with Crippen molar-refractivity contribution in [3.8, 4) is 28.5 Å². The third kappa shape index (κ3) is 4.18. The number of sulfonamides is 1. The average molecular weight is 514 g/mol. The number of fused-ring (bicyclic) bond motifs is 1. The molecule has 0 radical (unpaired) electrons. The molecule has 4 aromatic heterocycles. The zero-order valence-electron chi connectivity index (χ0n) is 20.3. The maximum atomic E-state index is 13.4. The number of furan rings is 1. The van der Waals surface area contributed by atoms with Gasteiger partial charge in [0.1, 0.15) is 16.2 Å². The van der Waals surface area contributed by atoms with Gasteiger partial charge in [0.15, 0.2) is 5.52 Å². The number of likely N-dealkylation sites (N-methyl/N-ethyl adjacent to an activating group) is 1. The predicted molar refractivity (Wildman–Crippen MR) is 132 cm³/mol. The number of aryl methyl sites for hydroxylation is 1. The Morgan fingerprint density at radius 1 is 1.17 bits per heavy atom. The van der Waals surface area contributed by atoms with Crippen molar-refractivity contribution in [2.24, 2.45) is 7.05 Å².